The number of ether oxygens (including phenoxy) is 3. The average Bonchev–Trinajstić information content (AvgIpc) is 3.46. The van der Waals surface area contributed by atoms with Crippen LogP contribution >= 0.6 is 0 Å². The van der Waals surface area contributed by atoms with Crippen molar-refractivity contribution < 1.29 is 28.6 Å². The van der Waals surface area contributed by atoms with Crippen molar-refractivity contribution in [3.63, 3.8) is 0 Å². The third kappa shape index (κ3) is 65.9. The number of carbonyl (C=O) groups is 3. The summed E-state index contributed by atoms with van der Waals surface area (Å²) in [4.78, 5) is 38.2. The average molecular weight is 1120 g/mol. The maximum absolute atomic E-state index is 12.9. The fourth-order valence-corrected chi connectivity index (χ4v) is 10.5. The van der Waals surface area contributed by atoms with Gasteiger partial charge in [-0.3, -0.25) is 14.4 Å². The number of esters is 3. The van der Waals surface area contributed by atoms with Crippen molar-refractivity contribution in [2.45, 2.75) is 380 Å². The smallest absolute Gasteiger partial charge is 0.306 e. The Morgan fingerprint density at radius 1 is 0.263 bits per heavy atom. The quantitative estimate of drug-likeness (QED) is 0.0261. The first kappa shape index (κ1) is 77.1. The summed E-state index contributed by atoms with van der Waals surface area (Å²) in [6.45, 7) is 6.53. The molecule has 0 radical (unpaired) electrons. The Bertz CT molecular complexity index is 1430. The number of unbranched alkanes of at least 4 members (excludes halogenated alkanes) is 44. The molecule has 1 unspecified atom stereocenters. The number of hydrogen-bond acceptors (Lipinski definition) is 6. The van der Waals surface area contributed by atoms with Gasteiger partial charge in [0.15, 0.2) is 6.10 Å². The zero-order chi connectivity index (χ0) is 57.8. The van der Waals surface area contributed by atoms with Crippen LogP contribution in [0.5, 0.6) is 0 Å². The molecule has 0 saturated carbocycles. The molecule has 0 N–H and O–H groups in total. The topological polar surface area (TPSA) is 78.9 Å². The molecule has 0 aromatic heterocycles. The van der Waals surface area contributed by atoms with Gasteiger partial charge in [0.2, 0.25) is 0 Å². The van der Waals surface area contributed by atoms with Crippen LogP contribution < -0.4 is 0 Å². The van der Waals surface area contributed by atoms with Gasteiger partial charge in [0.25, 0.3) is 0 Å². The first-order chi connectivity index (χ1) is 39.5. The van der Waals surface area contributed by atoms with Crippen LogP contribution in [0.15, 0.2) is 60.8 Å². The van der Waals surface area contributed by atoms with Gasteiger partial charge >= 0.3 is 17.9 Å². The van der Waals surface area contributed by atoms with E-state index in [9.17, 15) is 14.4 Å². The van der Waals surface area contributed by atoms with E-state index in [1.807, 2.05) is 0 Å². The Kier molecular flexibility index (Phi) is 66.1. The molecule has 0 spiro atoms. The summed E-state index contributed by atoms with van der Waals surface area (Å²) in [5, 5.41) is 0. The minimum atomic E-state index is -0.782. The van der Waals surface area contributed by atoms with E-state index in [0.717, 1.165) is 109 Å². The van der Waals surface area contributed by atoms with Gasteiger partial charge < -0.3 is 14.2 Å². The highest BCUT2D eigenvalue weighted by atomic mass is 16.6. The van der Waals surface area contributed by atoms with E-state index in [0.29, 0.717) is 19.3 Å². The molecule has 80 heavy (non-hydrogen) atoms. The van der Waals surface area contributed by atoms with Crippen LogP contribution in [0.4, 0.5) is 0 Å². The molecular formula is C74H134O6. The van der Waals surface area contributed by atoms with Gasteiger partial charge in [0, 0.05) is 19.3 Å². The minimum absolute atomic E-state index is 0.0783. The van der Waals surface area contributed by atoms with E-state index < -0.39 is 6.10 Å². The number of carbonyl (C=O) groups excluding carboxylic acids is 3. The molecule has 0 aromatic carbocycles. The lowest BCUT2D eigenvalue weighted by atomic mass is 10.0. The van der Waals surface area contributed by atoms with E-state index in [4.69, 9.17) is 14.2 Å². The lowest BCUT2D eigenvalue weighted by Crippen LogP contribution is -2.30. The first-order valence-corrected chi connectivity index (χ1v) is 35.3. The summed E-state index contributed by atoms with van der Waals surface area (Å²) in [5.41, 5.74) is 0. The number of allylic oxidation sites excluding steroid dienone is 10. The lowest BCUT2D eigenvalue weighted by molar-refractivity contribution is -0.167. The fraction of sp³-hybridized carbons (Fsp3) is 0.824. The van der Waals surface area contributed by atoms with Gasteiger partial charge in [-0.1, -0.05) is 351 Å². The lowest BCUT2D eigenvalue weighted by Gasteiger charge is -2.18. The van der Waals surface area contributed by atoms with E-state index in [1.165, 1.54) is 225 Å². The summed E-state index contributed by atoms with van der Waals surface area (Å²) in [6, 6.07) is 0. The van der Waals surface area contributed by atoms with Crippen molar-refractivity contribution in [2.24, 2.45) is 0 Å². The predicted molar refractivity (Wildman–Crippen MR) is 348 cm³/mol. The molecule has 6 nitrogen and oxygen atoms in total. The second-order valence-electron chi connectivity index (χ2n) is 23.8. The van der Waals surface area contributed by atoms with Crippen LogP contribution in [0.1, 0.15) is 374 Å². The van der Waals surface area contributed by atoms with Gasteiger partial charge in [-0.25, -0.2) is 0 Å². The Balaban J connectivity index is 4.04. The molecule has 0 amide bonds. The summed E-state index contributed by atoms with van der Waals surface area (Å²) >= 11 is 0. The van der Waals surface area contributed by atoms with Gasteiger partial charge in [0.1, 0.15) is 13.2 Å². The molecule has 0 aliphatic heterocycles. The molecule has 0 saturated heterocycles. The van der Waals surface area contributed by atoms with Crippen molar-refractivity contribution in [1.29, 1.82) is 0 Å². The van der Waals surface area contributed by atoms with Gasteiger partial charge in [-0.15, -0.1) is 0 Å². The molecule has 0 aromatic rings. The molecule has 0 fully saturated rings. The van der Waals surface area contributed by atoms with Crippen molar-refractivity contribution in [3.8, 4) is 0 Å². The second kappa shape index (κ2) is 68.6. The summed E-state index contributed by atoms with van der Waals surface area (Å²) in [5.74, 6) is -0.883. The number of hydrogen-bond donors (Lipinski definition) is 0. The van der Waals surface area contributed by atoms with Crippen molar-refractivity contribution >= 4 is 17.9 Å². The van der Waals surface area contributed by atoms with E-state index in [-0.39, 0.29) is 31.1 Å². The van der Waals surface area contributed by atoms with Crippen LogP contribution in [-0.2, 0) is 28.6 Å². The Labute approximate surface area is 498 Å². The van der Waals surface area contributed by atoms with Gasteiger partial charge in [0.05, 0.1) is 0 Å². The molecule has 6 heteroatoms. The van der Waals surface area contributed by atoms with Crippen molar-refractivity contribution in [3.05, 3.63) is 60.8 Å². The van der Waals surface area contributed by atoms with Crippen LogP contribution in [0.2, 0.25) is 0 Å². The normalized spacial score (nSPS) is 12.4. The summed E-state index contributed by atoms with van der Waals surface area (Å²) in [6.07, 6.45) is 88.6. The maximum atomic E-state index is 12.9. The van der Waals surface area contributed by atoms with Crippen LogP contribution in [0.25, 0.3) is 0 Å². The van der Waals surface area contributed by atoms with Crippen LogP contribution in [0.3, 0.4) is 0 Å². The zero-order valence-corrected chi connectivity index (χ0v) is 53.6. The van der Waals surface area contributed by atoms with Gasteiger partial charge in [-0.05, 0) is 64.2 Å². The van der Waals surface area contributed by atoms with E-state index in [2.05, 4.69) is 81.5 Å². The molecule has 0 bridgehead atoms. The summed E-state index contributed by atoms with van der Waals surface area (Å²) < 4.78 is 16.9. The van der Waals surface area contributed by atoms with E-state index in [1.54, 1.807) is 0 Å². The largest absolute Gasteiger partial charge is 0.462 e. The summed E-state index contributed by atoms with van der Waals surface area (Å²) in [7, 11) is 0. The third-order valence-corrected chi connectivity index (χ3v) is 15.8. The molecule has 466 valence electrons. The predicted octanol–water partition coefficient (Wildman–Crippen LogP) is 24.3. The van der Waals surface area contributed by atoms with Crippen LogP contribution in [0, 0.1) is 0 Å². The van der Waals surface area contributed by atoms with Gasteiger partial charge in [-0.2, -0.15) is 0 Å². The molecule has 0 heterocycles. The molecule has 0 aliphatic carbocycles. The Hall–Kier alpha value is -2.89. The second-order valence-corrected chi connectivity index (χ2v) is 23.8. The van der Waals surface area contributed by atoms with E-state index >= 15 is 0 Å². The van der Waals surface area contributed by atoms with Crippen molar-refractivity contribution in [2.75, 3.05) is 13.2 Å². The van der Waals surface area contributed by atoms with Crippen LogP contribution in [-0.4, -0.2) is 37.2 Å². The molecule has 0 aliphatic rings. The zero-order valence-electron chi connectivity index (χ0n) is 53.6. The Morgan fingerprint density at radius 3 is 0.762 bits per heavy atom. The molecule has 1 atom stereocenters. The monoisotopic (exact) mass is 1120 g/mol. The van der Waals surface area contributed by atoms with Crippen molar-refractivity contribution in [1.82, 2.24) is 0 Å². The molecule has 0 rings (SSSR count). The molecular weight excluding hydrogens is 985 g/mol. The fourth-order valence-electron chi connectivity index (χ4n) is 10.5. The highest BCUT2D eigenvalue weighted by Crippen LogP contribution is 2.19. The Morgan fingerprint density at radius 2 is 0.487 bits per heavy atom. The minimum Gasteiger partial charge on any atom is -0.462 e. The maximum Gasteiger partial charge on any atom is 0.306 e. The SMILES string of the molecule is CC/C=C\C/C=C\C/C=C\C/C=C\C/C=C\CCCCCCCC(=O)OC(COC(=O)CCCCCCCCCC)COC(=O)CCCCCCCCCCCCCCCCCCCCCCCCCCCCCCCCCCC. The first-order valence-electron chi connectivity index (χ1n) is 35.3. The highest BCUT2D eigenvalue weighted by molar-refractivity contribution is 5.71. The third-order valence-electron chi connectivity index (χ3n) is 15.8. The number of rotatable bonds is 65. The standard InChI is InChI=1S/C74H134O6/c1-4-7-10-13-16-19-21-23-25-27-29-31-32-33-34-35-36-37-38-39-40-41-42-44-45-47-49-51-53-55-58-61-64-67-73(76)79-70-71(69-78-72(75)66-63-60-57-18-15-12-9-6-3)80-74(77)68-65-62-59-56-54-52-50-48-46-43-30-28-26-24-22-20-17-14-11-8-5-2/h8,11,17,20,24,26,30,43,48,50,71H,4-7,9-10,12-16,18-19,21-23,25,27-29,31-42,44-47,49,51-70H2,1-3H3/b11-8-,20-17-,26-24-,43-30-,50-48-. The highest BCUT2D eigenvalue weighted by Gasteiger charge is 2.19.